The second kappa shape index (κ2) is 5.92. The monoisotopic (exact) mass is 332 g/mol. The Bertz CT molecular complexity index is 764. The molecule has 8 heteroatoms. The van der Waals surface area contributed by atoms with Crippen molar-refractivity contribution in [1.29, 1.82) is 0 Å². The number of pyridine rings is 1. The van der Waals surface area contributed by atoms with Crippen LogP contribution in [0.1, 0.15) is 36.3 Å². The molecule has 118 valence electrons. The van der Waals surface area contributed by atoms with Gasteiger partial charge in [-0.15, -0.1) is 0 Å². The number of rotatable bonds is 3. The third-order valence-electron chi connectivity index (χ3n) is 3.27. The summed E-state index contributed by atoms with van der Waals surface area (Å²) in [6.45, 7) is 3.42. The number of hydrogen-bond donors (Lipinski definition) is 0. The Morgan fingerprint density at radius 3 is 2.65 bits per heavy atom. The Balaban J connectivity index is 2.04. The van der Waals surface area contributed by atoms with Gasteiger partial charge in [0.1, 0.15) is 11.5 Å². The lowest BCUT2D eigenvalue weighted by molar-refractivity contribution is -0.152. The van der Waals surface area contributed by atoms with Crippen LogP contribution < -0.4 is 4.90 Å². The highest BCUT2D eigenvalue weighted by molar-refractivity contribution is 6.30. The topological polar surface area (TPSA) is 85.3 Å². The number of carbonyl (C=O) groups excluding carboxylic acids is 2. The van der Waals surface area contributed by atoms with E-state index in [0.717, 1.165) is 0 Å². The molecule has 0 saturated heterocycles. The van der Waals surface area contributed by atoms with Crippen molar-refractivity contribution in [3.8, 4) is 0 Å². The summed E-state index contributed by atoms with van der Waals surface area (Å²) in [7, 11) is 0. The highest BCUT2D eigenvalue weighted by Gasteiger charge is 2.43. The summed E-state index contributed by atoms with van der Waals surface area (Å²) in [4.78, 5) is 38.2. The minimum Gasteiger partial charge on any atom is -0.435 e. The first-order valence-electron chi connectivity index (χ1n) is 6.95. The van der Waals surface area contributed by atoms with Crippen LogP contribution >= 0.6 is 11.6 Å². The molecule has 0 bridgehead atoms. The van der Waals surface area contributed by atoms with Crippen molar-refractivity contribution in [3.05, 3.63) is 47.1 Å². The molecule has 0 N–H and O–H groups in total. The molecule has 1 aliphatic heterocycles. The summed E-state index contributed by atoms with van der Waals surface area (Å²) in [5, 5.41) is 0.435. The average molecular weight is 333 g/mol. The largest absolute Gasteiger partial charge is 0.435 e. The summed E-state index contributed by atoms with van der Waals surface area (Å²) in [6.07, 6.45) is 3.28. The Kier molecular flexibility index (Phi) is 3.96. The smallest absolute Gasteiger partial charge is 0.310 e. The number of aromatic nitrogens is 3. The lowest BCUT2D eigenvalue weighted by Gasteiger charge is -2.24. The predicted molar refractivity (Wildman–Crippen MR) is 81.8 cm³/mol. The molecule has 3 rings (SSSR count). The molecule has 23 heavy (non-hydrogen) atoms. The van der Waals surface area contributed by atoms with Gasteiger partial charge in [-0.1, -0.05) is 25.4 Å². The van der Waals surface area contributed by atoms with Crippen molar-refractivity contribution >= 4 is 29.3 Å². The second-order valence-electron chi connectivity index (χ2n) is 5.24. The number of fused-ring (bicyclic) bond motifs is 1. The predicted octanol–water partition coefficient (Wildman–Crippen LogP) is 2.38. The summed E-state index contributed by atoms with van der Waals surface area (Å²) < 4.78 is 5.46. The standard InChI is InChI=1S/C15H13ClN4O3/c1-8(2)15(22)23-14-12-11(17-5-6-18-12)13(21)20(14)10-4-3-9(16)7-19-10/h3-8,14H,1-2H3/t14-/m0/s1. The second-order valence-corrected chi connectivity index (χ2v) is 5.68. The molecule has 2 aromatic rings. The van der Waals surface area contributed by atoms with Crippen LogP contribution in [-0.2, 0) is 9.53 Å². The molecule has 0 aromatic carbocycles. The number of anilines is 1. The van der Waals surface area contributed by atoms with Gasteiger partial charge in [-0.25, -0.2) is 14.9 Å². The molecule has 0 aliphatic carbocycles. The Labute approximate surface area is 137 Å². The quantitative estimate of drug-likeness (QED) is 0.802. The van der Waals surface area contributed by atoms with Crippen LogP contribution in [0.3, 0.4) is 0 Å². The maximum atomic E-state index is 12.6. The molecule has 0 radical (unpaired) electrons. The minimum absolute atomic E-state index is 0.144. The summed E-state index contributed by atoms with van der Waals surface area (Å²) in [6, 6.07) is 3.17. The third-order valence-corrected chi connectivity index (χ3v) is 3.50. The summed E-state index contributed by atoms with van der Waals surface area (Å²) in [5.41, 5.74) is 0.439. The highest BCUT2D eigenvalue weighted by Crippen LogP contribution is 2.35. The van der Waals surface area contributed by atoms with Gasteiger partial charge in [-0.2, -0.15) is 0 Å². The molecule has 0 spiro atoms. The third kappa shape index (κ3) is 2.75. The fraction of sp³-hybridized carbons (Fsp3) is 0.267. The van der Waals surface area contributed by atoms with Gasteiger partial charge in [0, 0.05) is 18.6 Å². The van der Waals surface area contributed by atoms with E-state index in [9.17, 15) is 9.59 Å². The van der Waals surface area contributed by atoms with E-state index in [1.54, 1.807) is 26.0 Å². The Morgan fingerprint density at radius 2 is 2.00 bits per heavy atom. The Morgan fingerprint density at radius 1 is 1.26 bits per heavy atom. The van der Waals surface area contributed by atoms with Crippen LogP contribution in [0.15, 0.2) is 30.7 Å². The van der Waals surface area contributed by atoms with Crippen LogP contribution in [0.4, 0.5) is 5.82 Å². The normalized spacial score (nSPS) is 16.6. The van der Waals surface area contributed by atoms with Crippen LogP contribution in [0.5, 0.6) is 0 Å². The number of ether oxygens (including phenoxy) is 1. The molecular weight excluding hydrogens is 320 g/mol. The molecule has 7 nitrogen and oxygen atoms in total. The first-order chi connectivity index (χ1) is 11.0. The van der Waals surface area contributed by atoms with E-state index in [1.165, 1.54) is 23.5 Å². The lowest BCUT2D eigenvalue weighted by Crippen LogP contribution is -2.32. The number of nitrogens with zero attached hydrogens (tertiary/aromatic N) is 4. The van der Waals surface area contributed by atoms with E-state index in [-0.39, 0.29) is 11.6 Å². The van der Waals surface area contributed by atoms with Crippen molar-refractivity contribution in [2.45, 2.75) is 20.1 Å². The summed E-state index contributed by atoms with van der Waals surface area (Å²) >= 11 is 5.83. The fourth-order valence-corrected chi connectivity index (χ4v) is 2.24. The molecular formula is C15H13ClN4O3. The highest BCUT2D eigenvalue weighted by atomic mass is 35.5. The molecule has 2 aromatic heterocycles. The molecule has 0 fully saturated rings. The van der Waals surface area contributed by atoms with Gasteiger partial charge in [0.05, 0.1) is 10.9 Å². The molecule has 1 aliphatic rings. The first-order valence-corrected chi connectivity index (χ1v) is 7.33. The number of halogens is 1. The van der Waals surface area contributed by atoms with Crippen LogP contribution in [-0.4, -0.2) is 26.8 Å². The van der Waals surface area contributed by atoms with E-state index in [2.05, 4.69) is 15.0 Å². The average Bonchev–Trinajstić information content (AvgIpc) is 2.81. The molecule has 1 atom stereocenters. The van der Waals surface area contributed by atoms with Gasteiger partial charge in [-0.3, -0.25) is 14.6 Å². The lowest BCUT2D eigenvalue weighted by atomic mass is 10.2. The summed E-state index contributed by atoms with van der Waals surface area (Å²) in [5.74, 6) is -0.906. The van der Waals surface area contributed by atoms with Gasteiger partial charge in [0.2, 0.25) is 6.23 Å². The molecule has 0 unspecified atom stereocenters. The number of esters is 1. The zero-order valence-electron chi connectivity index (χ0n) is 12.4. The van der Waals surface area contributed by atoms with Crippen LogP contribution in [0, 0.1) is 5.92 Å². The Hall–Kier alpha value is -2.54. The van der Waals surface area contributed by atoms with Crippen LogP contribution in [0.2, 0.25) is 5.02 Å². The van der Waals surface area contributed by atoms with Gasteiger partial charge in [0.25, 0.3) is 5.91 Å². The zero-order chi connectivity index (χ0) is 16.6. The molecule has 1 amide bonds. The van der Waals surface area contributed by atoms with Crippen molar-refractivity contribution in [2.75, 3.05) is 4.90 Å². The first kappa shape index (κ1) is 15.4. The van der Waals surface area contributed by atoms with Gasteiger partial charge >= 0.3 is 5.97 Å². The van der Waals surface area contributed by atoms with Crippen molar-refractivity contribution in [2.24, 2.45) is 5.92 Å². The van der Waals surface area contributed by atoms with E-state index in [0.29, 0.717) is 16.5 Å². The minimum atomic E-state index is -0.991. The van der Waals surface area contributed by atoms with E-state index < -0.39 is 18.1 Å². The maximum Gasteiger partial charge on any atom is 0.310 e. The SMILES string of the molecule is CC(C)C(=O)O[C@H]1c2nccnc2C(=O)N1c1ccc(Cl)cn1. The number of hydrogen-bond acceptors (Lipinski definition) is 6. The van der Waals surface area contributed by atoms with E-state index in [4.69, 9.17) is 16.3 Å². The van der Waals surface area contributed by atoms with E-state index in [1.807, 2.05) is 0 Å². The van der Waals surface area contributed by atoms with Gasteiger partial charge in [0.15, 0.2) is 5.69 Å². The van der Waals surface area contributed by atoms with E-state index >= 15 is 0 Å². The van der Waals surface area contributed by atoms with Crippen molar-refractivity contribution in [3.63, 3.8) is 0 Å². The number of amides is 1. The van der Waals surface area contributed by atoms with Crippen molar-refractivity contribution in [1.82, 2.24) is 15.0 Å². The van der Waals surface area contributed by atoms with Crippen LogP contribution in [0.25, 0.3) is 0 Å². The molecule has 3 heterocycles. The maximum absolute atomic E-state index is 12.6. The van der Waals surface area contributed by atoms with Gasteiger partial charge < -0.3 is 4.74 Å². The fourth-order valence-electron chi connectivity index (χ4n) is 2.13. The van der Waals surface area contributed by atoms with Gasteiger partial charge in [-0.05, 0) is 12.1 Å². The number of carbonyl (C=O) groups is 2. The van der Waals surface area contributed by atoms with Crippen molar-refractivity contribution < 1.29 is 14.3 Å². The zero-order valence-corrected chi connectivity index (χ0v) is 13.2. The molecule has 0 saturated carbocycles.